The molecule has 1 aliphatic heterocycles. The predicted octanol–water partition coefficient (Wildman–Crippen LogP) is 1.30. The van der Waals surface area contributed by atoms with Gasteiger partial charge < -0.3 is 10.8 Å². The van der Waals surface area contributed by atoms with Crippen LogP contribution in [0.5, 0.6) is 0 Å². The summed E-state index contributed by atoms with van der Waals surface area (Å²) in [4.78, 5) is 13.5. The number of likely N-dealkylation sites (tertiary alicyclic amines) is 1. The van der Waals surface area contributed by atoms with Crippen molar-refractivity contribution in [2.75, 3.05) is 13.1 Å². The molecule has 1 rings (SSSR count). The smallest absolute Gasteiger partial charge is 0.323 e. The molecule has 0 amide bonds. The molecule has 4 nitrogen and oxygen atoms in total. The maximum Gasteiger partial charge on any atom is 0.323 e. The Bertz CT molecular complexity index is 255. The van der Waals surface area contributed by atoms with Crippen LogP contribution in [0.1, 0.15) is 40.0 Å². The molecule has 16 heavy (non-hydrogen) atoms. The third kappa shape index (κ3) is 2.95. The molecule has 1 heterocycles. The predicted molar refractivity (Wildman–Crippen MR) is 64.3 cm³/mol. The highest BCUT2D eigenvalue weighted by atomic mass is 16.4. The summed E-state index contributed by atoms with van der Waals surface area (Å²) < 4.78 is 0. The second-order valence-electron chi connectivity index (χ2n) is 5.53. The van der Waals surface area contributed by atoms with E-state index in [1.165, 1.54) is 0 Å². The summed E-state index contributed by atoms with van der Waals surface area (Å²) in [7, 11) is 0. The molecule has 4 heteroatoms. The van der Waals surface area contributed by atoms with Gasteiger partial charge in [0.05, 0.1) is 0 Å². The van der Waals surface area contributed by atoms with Gasteiger partial charge in [0, 0.05) is 12.6 Å². The average Bonchev–Trinajstić information content (AvgIpc) is 2.16. The molecular formula is C12H24N2O2. The number of aliphatic carboxylic acids is 1. The first kappa shape index (κ1) is 13.5. The topological polar surface area (TPSA) is 66.6 Å². The van der Waals surface area contributed by atoms with E-state index >= 15 is 0 Å². The van der Waals surface area contributed by atoms with E-state index in [0.717, 1.165) is 19.4 Å². The molecule has 0 aromatic rings. The zero-order valence-corrected chi connectivity index (χ0v) is 10.6. The van der Waals surface area contributed by atoms with E-state index in [-0.39, 0.29) is 6.04 Å². The van der Waals surface area contributed by atoms with Crippen LogP contribution in [0.3, 0.4) is 0 Å². The van der Waals surface area contributed by atoms with E-state index in [2.05, 4.69) is 13.8 Å². The molecule has 94 valence electrons. The van der Waals surface area contributed by atoms with Crippen molar-refractivity contribution in [3.63, 3.8) is 0 Å². The van der Waals surface area contributed by atoms with Crippen LogP contribution in [0.15, 0.2) is 0 Å². The van der Waals surface area contributed by atoms with Gasteiger partial charge in [0.1, 0.15) is 5.54 Å². The van der Waals surface area contributed by atoms with Gasteiger partial charge in [0.15, 0.2) is 0 Å². The van der Waals surface area contributed by atoms with Crippen molar-refractivity contribution in [1.82, 2.24) is 4.90 Å². The number of hydrogen-bond donors (Lipinski definition) is 2. The first-order chi connectivity index (χ1) is 7.36. The number of carboxylic acids is 1. The van der Waals surface area contributed by atoms with Crippen molar-refractivity contribution >= 4 is 5.97 Å². The van der Waals surface area contributed by atoms with Gasteiger partial charge >= 0.3 is 5.97 Å². The lowest BCUT2D eigenvalue weighted by atomic mass is 9.87. The van der Waals surface area contributed by atoms with Crippen LogP contribution in [0.2, 0.25) is 0 Å². The van der Waals surface area contributed by atoms with E-state index in [0.29, 0.717) is 18.9 Å². The third-order valence-electron chi connectivity index (χ3n) is 3.42. The fraction of sp³-hybridized carbons (Fsp3) is 0.917. The number of rotatable bonds is 4. The summed E-state index contributed by atoms with van der Waals surface area (Å²) in [5.41, 5.74) is 5.16. The van der Waals surface area contributed by atoms with Crippen LogP contribution in [0.25, 0.3) is 0 Å². The van der Waals surface area contributed by atoms with Gasteiger partial charge in [-0.05, 0) is 38.6 Å². The SMILES string of the molecule is CC(C)CC(C)(C(=O)O)N1CCCC(N)C1. The highest BCUT2D eigenvalue weighted by molar-refractivity contribution is 5.78. The number of carboxylic acid groups (broad SMARTS) is 1. The van der Waals surface area contributed by atoms with Crippen molar-refractivity contribution < 1.29 is 9.90 Å². The van der Waals surface area contributed by atoms with Crippen molar-refractivity contribution in [3.05, 3.63) is 0 Å². The first-order valence-electron chi connectivity index (χ1n) is 6.10. The first-order valence-corrected chi connectivity index (χ1v) is 6.10. The number of nitrogens with zero attached hydrogens (tertiary/aromatic N) is 1. The van der Waals surface area contributed by atoms with Crippen molar-refractivity contribution in [3.8, 4) is 0 Å². The molecule has 0 saturated carbocycles. The van der Waals surface area contributed by atoms with Crippen LogP contribution in [0.4, 0.5) is 0 Å². The van der Waals surface area contributed by atoms with Crippen LogP contribution in [-0.2, 0) is 4.79 Å². The molecule has 0 spiro atoms. The molecule has 1 aliphatic rings. The molecule has 0 bridgehead atoms. The van der Waals surface area contributed by atoms with Gasteiger partial charge in [-0.15, -0.1) is 0 Å². The van der Waals surface area contributed by atoms with Crippen LogP contribution in [-0.4, -0.2) is 40.6 Å². The zero-order chi connectivity index (χ0) is 12.3. The summed E-state index contributed by atoms with van der Waals surface area (Å²) in [6.45, 7) is 7.50. The minimum atomic E-state index is -0.758. The summed E-state index contributed by atoms with van der Waals surface area (Å²) in [6, 6.07) is 0.125. The van der Waals surface area contributed by atoms with Gasteiger partial charge in [-0.2, -0.15) is 0 Å². The number of hydrogen-bond acceptors (Lipinski definition) is 3. The van der Waals surface area contributed by atoms with Crippen LogP contribution < -0.4 is 5.73 Å². The lowest BCUT2D eigenvalue weighted by molar-refractivity contribution is -0.152. The van der Waals surface area contributed by atoms with E-state index in [9.17, 15) is 9.90 Å². The Balaban J connectivity index is 2.79. The molecular weight excluding hydrogens is 204 g/mol. The molecule has 0 radical (unpaired) electrons. The maximum absolute atomic E-state index is 11.5. The van der Waals surface area contributed by atoms with Gasteiger partial charge in [-0.25, -0.2) is 0 Å². The van der Waals surface area contributed by atoms with Gasteiger partial charge in [-0.3, -0.25) is 9.69 Å². The molecule has 3 N–H and O–H groups in total. The highest BCUT2D eigenvalue weighted by Crippen LogP contribution is 2.27. The Morgan fingerprint density at radius 3 is 2.69 bits per heavy atom. The van der Waals surface area contributed by atoms with E-state index in [4.69, 9.17) is 5.73 Å². The summed E-state index contributed by atoms with van der Waals surface area (Å²) in [6.07, 6.45) is 2.69. The maximum atomic E-state index is 11.5. The Morgan fingerprint density at radius 2 is 2.25 bits per heavy atom. The fourth-order valence-electron chi connectivity index (χ4n) is 2.60. The molecule has 0 aromatic carbocycles. The molecule has 2 unspecified atom stereocenters. The Labute approximate surface area is 97.8 Å². The molecule has 0 aromatic heterocycles. The van der Waals surface area contributed by atoms with Crippen molar-refractivity contribution in [2.24, 2.45) is 11.7 Å². The fourth-order valence-corrected chi connectivity index (χ4v) is 2.60. The number of piperidine rings is 1. The molecule has 1 fully saturated rings. The quantitative estimate of drug-likeness (QED) is 0.761. The van der Waals surface area contributed by atoms with Crippen LogP contribution >= 0.6 is 0 Å². The summed E-state index contributed by atoms with van der Waals surface area (Å²) in [5.74, 6) is -0.352. The largest absolute Gasteiger partial charge is 0.480 e. The average molecular weight is 228 g/mol. The van der Waals surface area contributed by atoms with Gasteiger partial charge in [0.2, 0.25) is 0 Å². The third-order valence-corrected chi connectivity index (χ3v) is 3.42. The normalized spacial score (nSPS) is 26.7. The van der Waals surface area contributed by atoms with Crippen molar-refractivity contribution in [2.45, 2.75) is 51.6 Å². The summed E-state index contributed by atoms with van der Waals surface area (Å²) in [5, 5.41) is 9.44. The van der Waals surface area contributed by atoms with Gasteiger partial charge in [0.25, 0.3) is 0 Å². The Morgan fingerprint density at radius 1 is 1.62 bits per heavy atom. The number of nitrogens with two attached hydrogens (primary N) is 1. The minimum Gasteiger partial charge on any atom is -0.480 e. The van der Waals surface area contributed by atoms with Gasteiger partial charge in [-0.1, -0.05) is 13.8 Å². The van der Waals surface area contributed by atoms with E-state index < -0.39 is 11.5 Å². The minimum absolute atomic E-state index is 0.125. The second kappa shape index (κ2) is 5.15. The van der Waals surface area contributed by atoms with E-state index in [1.54, 1.807) is 0 Å². The molecule has 2 atom stereocenters. The Kier molecular flexibility index (Phi) is 4.33. The standard InChI is InChI=1S/C12H24N2O2/c1-9(2)7-12(3,11(15)16)14-6-4-5-10(13)8-14/h9-10H,4-8,13H2,1-3H3,(H,15,16). The highest BCUT2D eigenvalue weighted by Gasteiger charge is 2.41. The van der Waals surface area contributed by atoms with Crippen LogP contribution in [0, 0.1) is 5.92 Å². The van der Waals surface area contributed by atoms with E-state index in [1.807, 2.05) is 11.8 Å². The summed E-state index contributed by atoms with van der Waals surface area (Å²) >= 11 is 0. The zero-order valence-electron chi connectivity index (χ0n) is 10.6. The monoisotopic (exact) mass is 228 g/mol. The molecule has 1 saturated heterocycles. The number of carbonyl (C=O) groups is 1. The second-order valence-corrected chi connectivity index (χ2v) is 5.53. The molecule has 0 aliphatic carbocycles. The Hall–Kier alpha value is -0.610. The lowest BCUT2D eigenvalue weighted by Gasteiger charge is -2.43. The van der Waals surface area contributed by atoms with Crippen molar-refractivity contribution in [1.29, 1.82) is 0 Å². The lowest BCUT2D eigenvalue weighted by Crippen LogP contribution is -2.58.